The Hall–Kier alpha value is -3.77. The van der Waals surface area contributed by atoms with Gasteiger partial charge in [0.05, 0.1) is 10.6 Å². The number of amides is 1. The third-order valence-corrected chi connectivity index (χ3v) is 7.63. The highest BCUT2D eigenvalue weighted by atomic mass is 32.2. The molecule has 1 aromatic heterocycles. The zero-order valence-corrected chi connectivity index (χ0v) is 21.8. The van der Waals surface area contributed by atoms with Gasteiger partial charge in [0.2, 0.25) is 15.9 Å². The lowest BCUT2D eigenvalue weighted by Crippen LogP contribution is -2.32. The summed E-state index contributed by atoms with van der Waals surface area (Å²) in [6.45, 7) is 7.41. The van der Waals surface area contributed by atoms with Gasteiger partial charge in [-0.25, -0.2) is 13.1 Å². The Morgan fingerprint density at radius 2 is 1.89 bits per heavy atom. The largest absolute Gasteiger partial charge is 0.437 e. The summed E-state index contributed by atoms with van der Waals surface area (Å²) in [6.07, 6.45) is 2.11. The lowest BCUT2D eigenvalue weighted by atomic mass is 10.2. The van der Waals surface area contributed by atoms with Crippen molar-refractivity contribution in [1.82, 2.24) is 19.8 Å². The molecule has 1 heterocycles. The summed E-state index contributed by atoms with van der Waals surface area (Å²) in [7, 11) is -4.12. The number of hydrogen-bond donors (Lipinski definition) is 2. The van der Waals surface area contributed by atoms with Crippen LogP contribution in [0.25, 0.3) is 5.69 Å². The quantitative estimate of drug-likeness (QED) is 0.297. The highest BCUT2D eigenvalue weighted by molar-refractivity contribution is 7.89. The summed E-state index contributed by atoms with van der Waals surface area (Å²) in [5.74, 6) is -0.395. The summed E-state index contributed by atoms with van der Waals surface area (Å²) in [6, 6.07) is 10.4. The van der Waals surface area contributed by atoms with Gasteiger partial charge in [-0.3, -0.25) is 14.9 Å². The second-order valence-electron chi connectivity index (χ2n) is 9.19. The molecule has 4 rings (SSSR count). The third-order valence-electron chi connectivity index (χ3n) is 6.09. The zero-order valence-electron chi connectivity index (χ0n) is 21.0. The molecule has 0 saturated heterocycles. The molecule has 12 heteroatoms. The molecule has 1 saturated carbocycles. The Balaban J connectivity index is 1.84. The molecule has 1 atom stereocenters. The van der Waals surface area contributed by atoms with Gasteiger partial charge in [0.15, 0.2) is 5.69 Å². The van der Waals surface area contributed by atoms with Crippen molar-refractivity contribution in [3.05, 3.63) is 69.4 Å². The van der Waals surface area contributed by atoms with Crippen molar-refractivity contribution in [3.63, 3.8) is 0 Å². The molecular formula is C25H29N5O6S. The number of nitrogens with one attached hydrogen (secondary N) is 2. The van der Waals surface area contributed by atoms with Gasteiger partial charge in [-0.1, -0.05) is 24.6 Å². The average molecular weight is 528 g/mol. The van der Waals surface area contributed by atoms with E-state index in [2.05, 4.69) is 15.1 Å². The van der Waals surface area contributed by atoms with E-state index in [0.29, 0.717) is 24.1 Å². The minimum Gasteiger partial charge on any atom is -0.437 e. The van der Waals surface area contributed by atoms with E-state index in [1.807, 2.05) is 32.9 Å². The number of aromatic nitrogens is 2. The first-order valence-electron chi connectivity index (χ1n) is 12.0. The SMILES string of the molecule is CC[C@@H](C)NC(=O)c1nn(-c2ccc(C)cc2)c(Oc2ccc([N+](=O)[O-])cc2S(=O)(=O)NC2CC2)c1C. The van der Waals surface area contributed by atoms with Crippen LogP contribution in [-0.2, 0) is 10.0 Å². The highest BCUT2D eigenvalue weighted by Crippen LogP contribution is 2.36. The normalized spacial score (nSPS) is 14.3. The molecule has 1 aliphatic carbocycles. The van der Waals surface area contributed by atoms with Crippen LogP contribution in [-0.4, -0.2) is 41.1 Å². The first kappa shape index (κ1) is 26.3. The van der Waals surface area contributed by atoms with Crippen LogP contribution >= 0.6 is 0 Å². The maximum absolute atomic E-state index is 13.1. The predicted octanol–water partition coefficient (Wildman–Crippen LogP) is 4.16. The van der Waals surface area contributed by atoms with Crippen LogP contribution in [0.1, 0.15) is 54.7 Å². The van der Waals surface area contributed by atoms with E-state index in [4.69, 9.17) is 4.74 Å². The van der Waals surface area contributed by atoms with Crippen LogP contribution in [0.15, 0.2) is 47.4 Å². The van der Waals surface area contributed by atoms with E-state index in [1.165, 1.54) is 16.8 Å². The highest BCUT2D eigenvalue weighted by Gasteiger charge is 2.32. The van der Waals surface area contributed by atoms with E-state index in [0.717, 1.165) is 18.1 Å². The molecule has 0 spiro atoms. The first-order valence-corrected chi connectivity index (χ1v) is 13.4. The molecule has 11 nitrogen and oxygen atoms in total. The number of hydrogen-bond acceptors (Lipinski definition) is 7. The van der Waals surface area contributed by atoms with Gasteiger partial charge >= 0.3 is 0 Å². The summed E-state index contributed by atoms with van der Waals surface area (Å²) in [4.78, 5) is 23.3. The van der Waals surface area contributed by atoms with Gasteiger partial charge in [-0.05, 0) is 58.2 Å². The fourth-order valence-electron chi connectivity index (χ4n) is 3.56. The Kier molecular flexibility index (Phi) is 7.32. The Morgan fingerprint density at radius 3 is 2.49 bits per heavy atom. The Labute approximate surface area is 215 Å². The van der Waals surface area contributed by atoms with Gasteiger partial charge in [-0.15, -0.1) is 0 Å². The first-order chi connectivity index (χ1) is 17.5. The van der Waals surface area contributed by atoms with Gasteiger partial charge < -0.3 is 10.1 Å². The number of aryl methyl sites for hydroxylation is 1. The van der Waals surface area contributed by atoms with Gasteiger partial charge in [-0.2, -0.15) is 9.78 Å². The monoisotopic (exact) mass is 527 g/mol. The second kappa shape index (κ2) is 10.3. The van der Waals surface area contributed by atoms with Gasteiger partial charge in [0.25, 0.3) is 11.6 Å². The number of benzene rings is 2. The van der Waals surface area contributed by atoms with E-state index in [-0.39, 0.29) is 40.0 Å². The van der Waals surface area contributed by atoms with Gasteiger partial charge in [0, 0.05) is 29.8 Å². The maximum atomic E-state index is 13.1. The number of nitrogens with zero attached hydrogens (tertiary/aromatic N) is 3. The molecule has 1 aliphatic rings. The fourth-order valence-corrected chi connectivity index (χ4v) is 5.02. The number of carbonyl (C=O) groups excluding carboxylic acids is 1. The molecule has 1 fully saturated rings. The van der Waals surface area contributed by atoms with Crippen molar-refractivity contribution in [2.24, 2.45) is 0 Å². The second-order valence-corrected chi connectivity index (χ2v) is 10.9. The molecule has 0 aliphatic heterocycles. The van der Waals surface area contributed by atoms with E-state index < -0.39 is 20.9 Å². The molecule has 1 amide bonds. The lowest BCUT2D eigenvalue weighted by Gasteiger charge is -2.14. The zero-order chi connectivity index (χ0) is 26.9. The number of nitro benzene ring substituents is 1. The topological polar surface area (TPSA) is 145 Å². The third kappa shape index (κ3) is 5.81. The molecule has 2 N–H and O–H groups in total. The Bertz CT molecular complexity index is 1440. The van der Waals surface area contributed by atoms with Crippen LogP contribution in [0.5, 0.6) is 11.6 Å². The number of rotatable bonds is 10. The van der Waals surface area contributed by atoms with Crippen molar-refractivity contribution in [2.75, 3.05) is 0 Å². The molecule has 2 aromatic carbocycles. The average Bonchev–Trinajstić information content (AvgIpc) is 3.60. The summed E-state index contributed by atoms with van der Waals surface area (Å²) in [5, 5.41) is 18.8. The molecular weight excluding hydrogens is 498 g/mol. The van der Waals surface area contributed by atoms with E-state index in [1.54, 1.807) is 19.1 Å². The predicted molar refractivity (Wildman–Crippen MR) is 137 cm³/mol. The molecule has 0 unspecified atom stereocenters. The lowest BCUT2D eigenvalue weighted by molar-refractivity contribution is -0.385. The van der Waals surface area contributed by atoms with Crippen molar-refractivity contribution in [3.8, 4) is 17.3 Å². The Morgan fingerprint density at radius 1 is 1.22 bits per heavy atom. The number of carbonyl (C=O) groups is 1. The smallest absolute Gasteiger partial charge is 0.272 e. The number of sulfonamides is 1. The minimum absolute atomic E-state index is 0.0827. The van der Waals surface area contributed by atoms with Crippen molar-refractivity contribution in [1.29, 1.82) is 0 Å². The number of nitro groups is 1. The molecule has 196 valence electrons. The number of non-ortho nitro benzene ring substituents is 1. The molecule has 0 radical (unpaired) electrons. The fraction of sp³-hybridized carbons (Fsp3) is 0.360. The maximum Gasteiger partial charge on any atom is 0.272 e. The van der Waals surface area contributed by atoms with Crippen molar-refractivity contribution >= 4 is 21.6 Å². The van der Waals surface area contributed by atoms with E-state index in [9.17, 15) is 23.3 Å². The molecule has 37 heavy (non-hydrogen) atoms. The molecule has 3 aromatic rings. The van der Waals surface area contributed by atoms with Crippen molar-refractivity contribution in [2.45, 2.75) is 63.9 Å². The molecule has 0 bridgehead atoms. The van der Waals surface area contributed by atoms with E-state index >= 15 is 0 Å². The van der Waals surface area contributed by atoms with Crippen molar-refractivity contribution < 1.29 is 22.9 Å². The number of ether oxygens (including phenoxy) is 1. The van der Waals surface area contributed by atoms with Crippen LogP contribution in [0, 0.1) is 24.0 Å². The van der Waals surface area contributed by atoms with Crippen LogP contribution in [0.2, 0.25) is 0 Å². The van der Waals surface area contributed by atoms with Crippen LogP contribution in [0.4, 0.5) is 5.69 Å². The van der Waals surface area contributed by atoms with Gasteiger partial charge in [0.1, 0.15) is 10.6 Å². The van der Waals surface area contributed by atoms with Crippen LogP contribution in [0.3, 0.4) is 0 Å². The minimum atomic E-state index is -4.12. The standard InChI is InChI=1S/C25H29N5O6S/c1-5-16(3)26-24(31)23-17(4)25(29(27-23)19-10-6-15(2)7-11-19)36-21-13-12-20(30(32)33)14-22(21)37(34,35)28-18-8-9-18/h6-7,10-14,16,18,28H,5,8-9H2,1-4H3,(H,26,31)/t16-/m1/s1. The summed E-state index contributed by atoms with van der Waals surface area (Å²) < 4.78 is 36.3. The van der Waals surface area contributed by atoms with Crippen LogP contribution < -0.4 is 14.8 Å². The summed E-state index contributed by atoms with van der Waals surface area (Å²) in [5.41, 5.74) is 1.73. The summed E-state index contributed by atoms with van der Waals surface area (Å²) >= 11 is 0.